The van der Waals surface area contributed by atoms with Crippen molar-refractivity contribution in [2.75, 3.05) is 20.2 Å². The van der Waals surface area contributed by atoms with Crippen LogP contribution in [0, 0.1) is 0 Å². The Balaban J connectivity index is 2.00. The lowest BCUT2D eigenvalue weighted by Gasteiger charge is -2.40. The average Bonchev–Trinajstić information content (AvgIpc) is 2.87. The van der Waals surface area contributed by atoms with Gasteiger partial charge in [-0.1, -0.05) is 6.92 Å². The van der Waals surface area contributed by atoms with Gasteiger partial charge in [0, 0.05) is 25.1 Å². The standard InChI is InChI=1S/C14H24N2O3S2/c1-3-8-15-10-12-13(5-9-20-12)21(17,18)16-11-14(19-2)6-4-7-14/h5,9,15-16H,3-4,6-8,10-11H2,1-2H3. The van der Waals surface area contributed by atoms with Gasteiger partial charge in [-0.25, -0.2) is 13.1 Å². The van der Waals surface area contributed by atoms with E-state index in [4.69, 9.17) is 4.74 Å². The molecule has 0 amide bonds. The SMILES string of the molecule is CCCNCc1sccc1S(=O)(=O)NCC1(OC)CCC1. The zero-order chi connectivity index (χ0) is 15.3. The fourth-order valence-electron chi connectivity index (χ4n) is 2.40. The molecule has 1 fully saturated rings. The number of sulfonamides is 1. The van der Waals surface area contributed by atoms with Crippen LogP contribution in [0.5, 0.6) is 0 Å². The minimum Gasteiger partial charge on any atom is -0.377 e. The van der Waals surface area contributed by atoms with Crippen LogP contribution in [0.15, 0.2) is 16.3 Å². The molecule has 1 aliphatic rings. The molecular formula is C14H24N2O3S2. The normalized spacial score (nSPS) is 17.6. The smallest absolute Gasteiger partial charge is 0.241 e. The van der Waals surface area contributed by atoms with Crippen molar-refractivity contribution in [2.45, 2.75) is 49.6 Å². The quantitative estimate of drug-likeness (QED) is 0.680. The van der Waals surface area contributed by atoms with Crippen LogP contribution in [0.25, 0.3) is 0 Å². The predicted octanol–water partition coefficient (Wildman–Crippen LogP) is 2.10. The first-order valence-electron chi connectivity index (χ1n) is 7.35. The molecule has 0 saturated heterocycles. The highest BCUT2D eigenvalue weighted by molar-refractivity contribution is 7.89. The molecule has 0 aliphatic heterocycles. The summed E-state index contributed by atoms with van der Waals surface area (Å²) in [6.45, 7) is 3.92. The highest BCUT2D eigenvalue weighted by Gasteiger charge is 2.38. The summed E-state index contributed by atoms with van der Waals surface area (Å²) in [5.41, 5.74) is -0.302. The van der Waals surface area contributed by atoms with Gasteiger partial charge < -0.3 is 10.1 Å². The van der Waals surface area contributed by atoms with Gasteiger partial charge in [-0.3, -0.25) is 0 Å². The summed E-state index contributed by atoms with van der Waals surface area (Å²) in [6.07, 6.45) is 3.96. The molecule has 0 atom stereocenters. The molecule has 1 aromatic rings. The monoisotopic (exact) mass is 332 g/mol. The van der Waals surface area contributed by atoms with Crippen LogP contribution < -0.4 is 10.0 Å². The van der Waals surface area contributed by atoms with Crippen molar-refractivity contribution in [3.63, 3.8) is 0 Å². The van der Waals surface area contributed by atoms with Gasteiger partial charge in [0.15, 0.2) is 0 Å². The van der Waals surface area contributed by atoms with E-state index in [0.717, 1.165) is 37.1 Å². The molecule has 7 heteroatoms. The van der Waals surface area contributed by atoms with Crippen LogP contribution in [-0.4, -0.2) is 34.2 Å². The fraction of sp³-hybridized carbons (Fsp3) is 0.714. The Morgan fingerprint density at radius 2 is 2.19 bits per heavy atom. The number of hydrogen-bond acceptors (Lipinski definition) is 5. The predicted molar refractivity (Wildman–Crippen MR) is 85.1 cm³/mol. The molecule has 2 N–H and O–H groups in total. The first-order chi connectivity index (χ1) is 10.0. The topological polar surface area (TPSA) is 67.4 Å². The highest BCUT2D eigenvalue weighted by atomic mass is 32.2. The summed E-state index contributed by atoms with van der Waals surface area (Å²) < 4.78 is 33.1. The van der Waals surface area contributed by atoms with Gasteiger partial charge in [0.2, 0.25) is 10.0 Å². The van der Waals surface area contributed by atoms with E-state index in [1.807, 2.05) is 5.38 Å². The number of ether oxygens (including phenoxy) is 1. The van der Waals surface area contributed by atoms with Gasteiger partial charge in [0.1, 0.15) is 0 Å². The summed E-state index contributed by atoms with van der Waals surface area (Å²) >= 11 is 1.47. The van der Waals surface area contributed by atoms with E-state index in [9.17, 15) is 8.42 Å². The van der Waals surface area contributed by atoms with E-state index in [2.05, 4.69) is 17.0 Å². The van der Waals surface area contributed by atoms with Crippen molar-refractivity contribution < 1.29 is 13.2 Å². The number of nitrogens with one attached hydrogen (secondary N) is 2. The van der Waals surface area contributed by atoms with Crippen LogP contribution >= 0.6 is 11.3 Å². The van der Waals surface area contributed by atoms with Crippen molar-refractivity contribution in [3.05, 3.63) is 16.3 Å². The van der Waals surface area contributed by atoms with Crippen LogP contribution in [0.3, 0.4) is 0 Å². The second kappa shape index (κ2) is 7.19. The molecule has 0 bridgehead atoms. The number of rotatable bonds is 9. The van der Waals surface area contributed by atoms with Crippen molar-refractivity contribution >= 4 is 21.4 Å². The van der Waals surface area contributed by atoms with Gasteiger partial charge in [0.25, 0.3) is 0 Å². The zero-order valence-corrected chi connectivity index (χ0v) is 14.3. The van der Waals surface area contributed by atoms with E-state index >= 15 is 0 Å². The molecule has 1 saturated carbocycles. The summed E-state index contributed by atoms with van der Waals surface area (Å²) in [7, 11) is -1.81. The number of methoxy groups -OCH3 is 1. The van der Waals surface area contributed by atoms with E-state index in [0.29, 0.717) is 18.0 Å². The summed E-state index contributed by atoms with van der Waals surface area (Å²) in [6, 6.07) is 1.68. The Hall–Kier alpha value is -0.470. The molecule has 0 radical (unpaired) electrons. The first kappa shape index (κ1) is 16.9. The molecule has 0 aromatic carbocycles. The molecule has 1 aliphatic carbocycles. The summed E-state index contributed by atoms with van der Waals surface area (Å²) in [4.78, 5) is 1.25. The molecule has 1 aromatic heterocycles. The minimum atomic E-state index is -3.46. The molecule has 5 nitrogen and oxygen atoms in total. The van der Waals surface area contributed by atoms with Crippen molar-refractivity contribution in [1.82, 2.24) is 10.0 Å². The van der Waals surface area contributed by atoms with Gasteiger partial charge in [-0.05, 0) is 43.7 Å². The Bertz CT molecular complexity index is 545. The second-order valence-electron chi connectivity index (χ2n) is 5.45. The van der Waals surface area contributed by atoms with Crippen LogP contribution in [0.1, 0.15) is 37.5 Å². The van der Waals surface area contributed by atoms with E-state index < -0.39 is 10.0 Å². The first-order valence-corrected chi connectivity index (χ1v) is 9.71. The van der Waals surface area contributed by atoms with Crippen molar-refractivity contribution in [1.29, 1.82) is 0 Å². The highest BCUT2D eigenvalue weighted by Crippen LogP contribution is 2.34. The van der Waals surface area contributed by atoms with Crippen molar-refractivity contribution in [2.24, 2.45) is 0 Å². The molecule has 1 heterocycles. The largest absolute Gasteiger partial charge is 0.377 e. The maximum absolute atomic E-state index is 12.5. The summed E-state index contributed by atoms with van der Waals surface area (Å²) in [5.74, 6) is 0. The molecule has 0 unspecified atom stereocenters. The fourth-order valence-corrected chi connectivity index (χ4v) is 4.93. The zero-order valence-electron chi connectivity index (χ0n) is 12.6. The van der Waals surface area contributed by atoms with Crippen molar-refractivity contribution in [3.8, 4) is 0 Å². The van der Waals surface area contributed by atoms with E-state index in [-0.39, 0.29) is 5.60 Å². The Morgan fingerprint density at radius 3 is 2.76 bits per heavy atom. The third-order valence-electron chi connectivity index (χ3n) is 3.99. The van der Waals surface area contributed by atoms with E-state index in [1.165, 1.54) is 11.3 Å². The maximum atomic E-state index is 12.5. The van der Waals surface area contributed by atoms with Gasteiger partial charge in [-0.15, -0.1) is 11.3 Å². The van der Waals surface area contributed by atoms with Gasteiger partial charge in [-0.2, -0.15) is 0 Å². The van der Waals surface area contributed by atoms with Crippen LogP contribution in [0.2, 0.25) is 0 Å². The van der Waals surface area contributed by atoms with E-state index in [1.54, 1.807) is 13.2 Å². The Kier molecular flexibility index (Phi) is 5.79. The van der Waals surface area contributed by atoms with Gasteiger partial charge >= 0.3 is 0 Å². The third-order valence-corrected chi connectivity index (χ3v) is 6.52. The Labute approximate surface area is 131 Å². The molecule has 2 rings (SSSR count). The second-order valence-corrected chi connectivity index (χ2v) is 8.19. The van der Waals surface area contributed by atoms with Crippen LogP contribution in [0.4, 0.5) is 0 Å². The lowest BCUT2D eigenvalue weighted by Crippen LogP contribution is -2.49. The minimum absolute atomic E-state index is 0.302. The average molecular weight is 332 g/mol. The third kappa shape index (κ3) is 4.04. The lowest BCUT2D eigenvalue weighted by molar-refractivity contribution is -0.0659. The molecule has 21 heavy (non-hydrogen) atoms. The molecule has 0 spiro atoms. The number of thiophene rings is 1. The molecular weight excluding hydrogens is 308 g/mol. The lowest BCUT2D eigenvalue weighted by atomic mass is 9.80. The van der Waals surface area contributed by atoms with Gasteiger partial charge in [0.05, 0.1) is 10.5 Å². The Morgan fingerprint density at radius 1 is 1.43 bits per heavy atom. The maximum Gasteiger partial charge on any atom is 0.241 e. The molecule has 120 valence electrons. The summed E-state index contributed by atoms with van der Waals surface area (Å²) in [5, 5.41) is 5.08. The number of hydrogen-bond donors (Lipinski definition) is 2. The van der Waals surface area contributed by atoms with Crippen LogP contribution in [-0.2, 0) is 21.3 Å².